The van der Waals surface area contributed by atoms with Gasteiger partial charge in [0.15, 0.2) is 0 Å². The fourth-order valence-corrected chi connectivity index (χ4v) is 3.07. The van der Waals surface area contributed by atoms with Gasteiger partial charge >= 0.3 is 0 Å². The summed E-state index contributed by atoms with van der Waals surface area (Å²) in [7, 11) is 0. The molecule has 0 amide bonds. The van der Waals surface area contributed by atoms with Crippen molar-refractivity contribution >= 4 is 0 Å². The Morgan fingerprint density at radius 1 is 1.20 bits per heavy atom. The first-order chi connectivity index (χ1) is 9.63. The zero-order valence-corrected chi connectivity index (χ0v) is 13.2. The zero-order valence-electron chi connectivity index (χ0n) is 13.2. The second-order valence-corrected chi connectivity index (χ2v) is 5.76. The molecule has 1 aromatic rings. The van der Waals surface area contributed by atoms with Gasteiger partial charge in [-0.05, 0) is 44.7 Å². The highest BCUT2D eigenvalue weighted by molar-refractivity contribution is 5.29. The van der Waals surface area contributed by atoms with Gasteiger partial charge in [-0.2, -0.15) is 0 Å². The molecule has 4 heteroatoms. The zero-order chi connectivity index (χ0) is 14.5. The molecule has 2 rings (SSSR count). The number of nitrogens with one attached hydrogen (secondary N) is 1. The van der Waals surface area contributed by atoms with Crippen molar-refractivity contribution in [3.63, 3.8) is 0 Å². The first kappa shape index (κ1) is 15.4. The minimum absolute atomic E-state index is 0.457. The second-order valence-electron chi connectivity index (χ2n) is 5.76. The maximum atomic E-state index is 5.42. The van der Waals surface area contributed by atoms with Crippen molar-refractivity contribution in [1.29, 1.82) is 0 Å². The Morgan fingerprint density at radius 3 is 2.35 bits per heavy atom. The van der Waals surface area contributed by atoms with E-state index in [1.807, 2.05) is 0 Å². The quantitative estimate of drug-likeness (QED) is 0.899. The Hall–Kier alpha value is -1.00. The van der Waals surface area contributed by atoms with Crippen LogP contribution in [0.1, 0.15) is 61.3 Å². The van der Waals surface area contributed by atoms with Gasteiger partial charge < -0.3 is 10.1 Å². The lowest BCUT2D eigenvalue weighted by atomic mass is 9.95. The number of hydrogen-bond acceptors (Lipinski definition) is 4. The van der Waals surface area contributed by atoms with Gasteiger partial charge in [-0.15, -0.1) is 0 Å². The Bertz CT molecular complexity index is 418. The average molecular weight is 277 g/mol. The van der Waals surface area contributed by atoms with E-state index in [0.29, 0.717) is 11.8 Å². The maximum absolute atomic E-state index is 5.42. The molecule has 1 atom stereocenters. The largest absolute Gasteiger partial charge is 0.381 e. The fourth-order valence-electron chi connectivity index (χ4n) is 3.07. The van der Waals surface area contributed by atoms with E-state index in [1.54, 1.807) is 0 Å². The molecule has 0 aromatic carbocycles. The van der Waals surface area contributed by atoms with Crippen molar-refractivity contribution in [3.05, 3.63) is 22.8 Å². The Morgan fingerprint density at radius 2 is 1.80 bits per heavy atom. The lowest BCUT2D eigenvalue weighted by molar-refractivity contribution is 0.0835. The van der Waals surface area contributed by atoms with Crippen LogP contribution < -0.4 is 5.32 Å². The number of aromatic nitrogens is 2. The Kier molecular flexibility index (Phi) is 5.49. The summed E-state index contributed by atoms with van der Waals surface area (Å²) in [6.07, 6.45) is 2.09. The molecule has 20 heavy (non-hydrogen) atoms. The maximum Gasteiger partial charge on any atom is 0.132 e. The van der Waals surface area contributed by atoms with Crippen molar-refractivity contribution in [2.24, 2.45) is 0 Å². The first-order valence-corrected chi connectivity index (χ1v) is 7.77. The molecule has 0 aliphatic carbocycles. The van der Waals surface area contributed by atoms with Crippen LogP contribution in [0.3, 0.4) is 0 Å². The molecule has 2 heterocycles. The molecule has 1 aliphatic heterocycles. The molecule has 1 N–H and O–H groups in total. The summed E-state index contributed by atoms with van der Waals surface area (Å²) in [5.74, 6) is 1.95. The van der Waals surface area contributed by atoms with E-state index in [9.17, 15) is 0 Å². The molecule has 1 aromatic heterocycles. The van der Waals surface area contributed by atoms with Gasteiger partial charge in [0.25, 0.3) is 0 Å². The van der Waals surface area contributed by atoms with Gasteiger partial charge in [0.2, 0.25) is 0 Å². The third-order valence-corrected chi connectivity index (χ3v) is 4.12. The highest BCUT2D eigenvalue weighted by atomic mass is 16.5. The van der Waals surface area contributed by atoms with Crippen LogP contribution in [0.15, 0.2) is 0 Å². The van der Waals surface area contributed by atoms with Crippen molar-refractivity contribution < 1.29 is 4.74 Å². The minimum Gasteiger partial charge on any atom is -0.381 e. The molecule has 0 bridgehead atoms. The molecule has 0 spiro atoms. The van der Waals surface area contributed by atoms with Crippen LogP contribution in [0.5, 0.6) is 0 Å². The van der Waals surface area contributed by atoms with Gasteiger partial charge in [0.1, 0.15) is 5.82 Å². The Balaban J connectivity index is 2.19. The van der Waals surface area contributed by atoms with Crippen molar-refractivity contribution in [1.82, 2.24) is 15.3 Å². The van der Waals surface area contributed by atoms with E-state index in [0.717, 1.165) is 56.4 Å². The number of aryl methyl sites for hydroxylation is 2. The predicted molar refractivity (Wildman–Crippen MR) is 81.3 cm³/mol. The summed E-state index contributed by atoms with van der Waals surface area (Å²) in [6, 6.07) is 0. The van der Waals surface area contributed by atoms with Crippen LogP contribution in [0.2, 0.25) is 0 Å². The fraction of sp³-hybridized carbons (Fsp3) is 0.750. The lowest BCUT2D eigenvalue weighted by Crippen LogP contribution is -2.22. The topological polar surface area (TPSA) is 47.0 Å². The SMILES string of the molecule is CCNCC(C)c1c(C)nc(C2CCOCC2)nc1C. The van der Waals surface area contributed by atoms with Gasteiger partial charge in [0, 0.05) is 37.1 Å². The van der Waals surface area contributed by atoms with Crippen LogP contribution in [0.25, 0.3) is 0 Å². The van der Waals surface area contributed by atoms with Gasteiger partial charge in [0.05, 0.1) is 0 Å². The highest BCUT2D eigenvalue weighted by Crippen LogP contribution is 2.27. The summed E-state index contributed by atoms with van der Waals surface area (Å²) in [6.45, 7) is 12.3. The average Bonchev–Trinajstić information content (AvgIpc) is 2.45. The highest BCUT2D eigenvalue weighted by Gasteiger charge is 2.21. The summed E-state index contributed by atoms with van der Waals surface area (Å²) in [5, 5.41) is 3.41. The first-order valence-electron chi connectivity index (χ1n) is 7.77. The third kappa shape index (κ3) is 3.55. The van der Waals surface area contributed by atoms with E-state index < -0.39 is 0 Å². The Labute approximate surface area is 122 Å². The molecular formula is C16H27N3O. The molecule has 1 fully saturated rings. The van der Waals surface area contributed by atoms with E-state index in [1.165, 1.54) is 5.56 Å². The minimum atomic E-state index is 0.457. The molecule has 0 saturated carbocycles. The third-order valence-electron chi connectivity index (χ3n) is 4.12. The van der Waals surface area contributed by atoms with Crippen molar-refractivity contribution in [2.45, 2.75) is 52.4 Å². The van der Waals surface area contributed by atoms with Crippen molar-refractivity contribution in [2.75, 3.05) is 26.3 Å². The summed E-state index contributed by atoms with van der Waals surface area (Å²) in [4.78, 5) is 9.58. The van der Waals surface area contributed by atoms with Crippen LogP contribution in [0.4, 0.5) is 0 Å². The second kappa shape index (κ2) is 7.14. The standard InChI is InChI=1S/C16H27N3O/c1-5-17-10-11(2)15-12(3)18-16(19-13(15)4)14-6-8-20-9-7-14/h11,14,17H,5-10H2,1-4H3. The predicted octanol–water partition coefficient (Wildman–Crippen LogP) is 2.70. The van der Waals surface area contributed by atoms with Crippen LogP contribution in [0, 0.1) is 13.8 Å². The molecule has 112 valence electrons. The van der Waals surface area contributed by atoms with Gasteiger partial charge in [-0.1, -0.05) is 13.8 Å². The normalized spacial score (nSPS) is 18.2. The summed E-state index contributed by atoms with van der Waals surface area (Å²) < 4.78 is 5.42. The molecule has 1 unspecified atom stereocenters. The van der Waals surface area contributed by atoms with E-state index in [-0.39, 0.29) is 0 Å². The van der Waals surface area contributed by atoms with Crippen LogP contribution in [-0.2, 0) is 4.74 Å². The number of ether oxygens (including phenoxy) is 1. The summed E-state index contributed by atoms with van der Waals surface area (Å²) in [5.41, 5.74) is 3.59. The number of nitrogens with zero attached hydrogens (tertiary/aromatic N) is 2. The van der Waals surface area contributed by atoms with Gasteiger partial charge in [-0.25, -0.2) is 9.97 Å². The summed E-state index contributed by atoms with van der Waals surface area (Å²) >= 11 is 0. The molecule has 1 aliphatic rings. The van der Waals surface area contributed by atoms with Gasteiger partial charge in [-0.3, -0.25) is 0 Å². The number of rotatable bonds is 5. The van der Waals surface area contributed by atoms with Crippen LogP contribution >= 0.6 is 0 Å². The van der Waals surface area contributed by atoms with E-state index in [4.69, 9.17) is 14.7 Å². The monoisotopic (exact) mass is 277 g/mol. The lowest BCUT2D eigenvalue weighted by Gasteiger charge is -2.23. The smallest absolute Gasteiger partial charge is 0.132 e. The molecular weight excluding hydrogens is 250 g/mol. The van der Waals surface area contributed by atoms with E-state index in [2.05, 4.69) is 33.0 Å². The van der Waals surface area contributed by atoms with Crippen LogP contribution in [-0.4, -0.2) is 36.3 Å². The molecule has 0 radical (unpaired) electrons. The molecule has 1 saturated heterocycles. The molecule has 4 nitrogen and oxygen atoms in total. The van der Waals surface area contributed by atoms with Crippen molar-refractivity contribution in [3.8, 4) is 0 Å². The number of hydrogen-bond donors (Lipinski definition) is 1. The number of likely N-dealkylation sites (N-methyl/N-ethyl adjacent to an activating group) is 1. The van der Waals surface area contributed by atoms with E-state index >= 15 is 0 Å².